The summed E-state index contributed by atoms with van der Waals surface area (Å²) in [7, 11) is 1.60. The summed E-state index contributed by atoms with van der Waals surface area (Å²) in [6, 6.07) is 0.169. The van der Waals surface area contributed by atoms with Crippen LogP contribution in [0.15, 0.2) is 12.3 Å². The van der Waals surface area contributed by atoms with Crippen LogP contribution in [0.1, 0.15) is 40.0 Å². The van der Waals surface area contributed by atoms with Gasteiger partial charge in [-0.1, -0.05) is 6.58 Å². The Balaban J connectivity index is 2.65. The molecule has 4 heteroatoms. The number of ether oxygens (including phenoxy) is 2. The summed E-state index contributed by atoms with van der Waals surface area (Å²) < 4.78 is 10.5. The lowest BCUT2D eigenvalue weighted by molar-refractivity contribution is -0.0343. The molecule has 1 fully saturated rings. The zero-order valence-corrected chi connectivity index (χ0v) is 11.3. The molecule has 1 amide bonds. The number of amides is 1. The fourth-order valence-corrected chi connectivity index (χ4v) is 2.13. The minimum absolute atomic E-state index is 0.169. The number of hydrogen-bond acceptors (Lipinski definition) is 3. The maximum Gasteiger partial charge on any atom is 0.414 e. The minimum Gasteiger partial charge on any atom is -0.441 e. The Morgan fingerprint density at radius 3 is 2.76 bits per heavy atom. The summed E-state index contributed by atoms with van der Waals surface area (Å²) in [5.74, 6) is 0. The second-order valence-electron chi connectivity index (χ2n) is 5.24. The maximum absolute atomic E-state index is 12.1. The topological polar surface area (TPSA) is 38.8 Å². The van der Waals surface area contributed by atoms with E-state index >= 15 is 0 Å². The minimum atomic E-state index is -0.608. The van der Waals surface area contributed by atoms with Crippen molar-refractivity contribution in [2.24, 2.45) is 0 Å². The summed E-state index contributed by atoms with van der Waals surface area (Å²) in [5.41, 5.74) is 0.241. The number of hydrogen-bond donors (Lipinski definition) is 0. The summed E-state index contributed by atoms with van der Waals surface area (Å²) in [5, 5.41) is 0. The lowest BCUT2D eigenvalue weighted by Crippen LogP contribution is -2.45. The second kappa shape index (κ2) is 5.54. The van der Waals surface area contributed by atoms with E-state index < -0.39 is 5.60 Å². The fraction of sp³-hybridized carbons (Fsp3) is 0.769. The molecule has 0 aromatic heterocycles. The molecule has 1 rings (SSSR count). The first-order valence-corrected chi connectivity index (χ1v) is 6.06. The largest absolute Gasteiger partial charge is 0.441 e. The van der Waals surface area contributed by atoms with Crippen LogP contribution < -0.4 is 0 Å². The standard InChI is InChI=1S/C13H23NO3/c1-10-7-6-8-11(2)14(10)12(15)17-13(3,4)9-16-5/h11H,1,6-9H2,2-5H3. The van der Waals surface area contributed by atoms with Gasteiger partial charge in [-0.3, -0.25) is 4.90 Å². The summed E-state index contributed by atoms with van der Waals surface area (Å²) in [6.07, 6.45) is 2.64. The van der Waals surface area contributed by atoms with Crippen molar-refractivity contribution in [2.45, 2.75) is 51.7 Å². The highest BCUT2D eigenvalue weighted by molar-refractivity contribution is 5.71. The van der Waals surface area contributed by atoms with Crippen molar-refractivity contribution in [2.75, 3.05) is 13.7 Å². The number of nitrogens with zero attached hydrogens (tertiary/aromatic N) is 1. The van der Waals surface area contributed by atoms with Crippen LogP contribution in [-0.2, 0) is 9.47 Å². The lowest BCUT2D eigenvalue weighted by atomic mass is 10.0. The van der Waals surface area contributed by atoms with Crippen molar-refractivity contribution in [3.63, 3.8) is 0 Å². The number of carbonyl (C=O) groups excluding carboxylic acids is 1. The van der Waals surface area contributed by atoms with Gasteiger partial charge in [0.25, 0.3) is 0 Å². The Morgan fingerprint density at radius 1 is 1.59 bits per heavy atom. The Bertz CT molecular complexity index is 299. The number of piperidine rings is 1. The molecular formula is C13H23NO3. The first-order valence-electron chi connectivity index (χ1n) is 6.06. The van der Waals surface area contributed by atoms with Crippen molar-refractivity contribution in [3.05, 3.63) is 12.3 Å². The quantitative estimate of drug-likeness (QED) is 0.762. The smallest absolute Gasteiger partial charge is 0.414 e. The average Bonchev–Trinajstić information content (AvgIpc) is 2.15. The molecule has 0 aromatic carbocycles. The molecule has 1 heterocycles. The Kier molecular flexibility index (Phi) is 4.57. The van der Waals surface area contributed by atoms with Gasteiger partial charge < -0.3 is 9.47 Å². The van der Waals surface area contributed by atoms with Crippen LogP contribution in [0, 0.1) is 0 Å². The SMILES string of the molecule is C=C1CCCC(C)N1C(=O)OC(C)(C)COC. The van der Waals surface area contributed by atoms with Gasteiger partial charge in [0.05, 0.1) is 6.61 Å². The van der Waals surface area contributed by atoms with Gasteiger partial charge in [-0.25, -0.2) is 4.79 Å². The van der Waals surface area contributed by atoms with Crippen molar-refractivity contribution in [1.29, 1.82) is 0 Å². The molecule has 98 valence electrons. The molecule has 0 aromatic rings. The van der Waals surface area contributed by atoms with E-state index in [4.69, 9.17) is 9.47 Å². The van der Waals surface area contributed by atoms with Gasteiger partial charge in [0, 0.05) is 18.8 Å². The zero-order valence-electron chi connectivity index (χ0n) is 11.3. The highest BCUT2D eigenvalue weighted by atomic mass is 16.6. The van der Waals surface area contributed by atoms with Crippen LogP contribution in [-0.4, -0.2) is 36.4 Å². The monoisotopic (exact) mass is 241 g/mol. The van der Waals surface area contributed by atoms with Crippen molar-refractivity contribution in [1.82, 2.24) is 4.90 Å². The normalized spacial score (nSPS) is 21.5. The van der Waals surface area contributed by atoms with Crippen molar-refractivity contribution in [3.8, 4) is 0 Å². The van der Waals surface area contributed by atoms with E-state index in [1.165, 1.54) is 0 Å². The maximum atomic E-state index is 12.1. The highest BCUT2D eigenvalue weighted by Crippen LogP contribution is 2.26. The summed E-state index contributed by atoms with van der Waals surface area (Å²) in [6.45, 7) is 10.0. The molecule has 1 saturated heterocycles. The highest BCUT2D eigenvalue weighted by Gasteiger charge is 2.32. The molecule has 17 heavy (non-hydrogen) atoms. The van der Waals surface area contributed by atoms with Gasteiger partial charge >= 0.3 is 6.09 Å². The lowest BCUT2D eigenvalue weighted by Gasteiger charge is -2.36. The third-order valence-electron chi connectivity index (χ3n) is 2.92. The van der Waals surface area contributed by atoms with Crippen LogP contribution in [0.25, 0.3) is 0 Å². The van der Waals surface area contributed by atoms with Gasteiger partial charge in [0.1, 0.15) is 5.60 Å². The molecule has 1 aliphatic heterocycles. The fourth-order valence-electron chi connectivity index (χ4n) is 2.13. The van der Waals surface area contributed by atoms with Crippen LogP contribution in [0.2, 0.25) is 0 Å². The predicted molar refractivity (Wildman–Crippen MR) is 66.7 cm³/mol. The number of methoxy groups -OCH3 is 1. The zero-order chi connectivity index (χ0) is 13.1. The van der Waals surface area contributed by atoms with Crippen LogP contribution in [0.4, 0.5) is 4.79 Å². The number of allylic oxidation sites excluding steroid dienone is 1. The Labute approximate surface area is 104 Å². The van der Waals surface area contributed by atoms with Gasteiger partial charge in [0.2, 0.25) is 0 Å². The Hall–Kier alpha value is -1.03. The van der Waals surface area contributed by atoms with E-state index in [-0.39, 0.29) is 12.1 Å². The van der Waals surface area contributed by atoms with Crippen LogP contribution in [0.3, 0.4) is 0 Å². The molecule has 0 saturated carbocycles. The summed E-state index contributed by atoms with van der Waals surface area (Å²) >= 11 is 0. The van der Waals surface area contributed by atoms with Crippen LogP contribution in [0.5, 0.6) is 0 Å². The van der Waals surface area contributed by atoms with Crippen molar-refractivity contribution < 1.29 is 14.3 Å². The Morgan fingerprint density at radius 2 is 2.24 bits per heavy atom. The first kappa shape index (κ1) is 14.0. The van der Waals surface area contributed by atoms with E-state index in [0.29, 0.717) is 6.61 Å². The number of carbonyl (C=O) groups is 1. The molecule has 0 radical (unpaired) electrons. The number of likely N-dealkylation sites (tertiary alicyclic amines) is 1. The van der Waals surface area contributed by atoms with Crippen LogP contribution >= 0.6 is 0 Å². The molecule has 1 unspecified atom stereocenters. The van der Waals surface area contributed by atoms with E-state index in [0.717, 1.165) is 25.0 Å². The second-order valence-corrected chi connectivity index (χ2v) is 5.24. The molecule has 1 atom stereocenters. The average molecular weight is 241 g/mol. The third-order valence-corrected chi connectivity index (χ3v) is 2.92. The number of rotatable bonds is 3. The van der Waals surface area contributed by atoms with Gasteiger partial charge in [0.15, 0.2) is 0 Å². The van der Waals surface area contributed by atoms with Gasteiger partial charge in [-0.05, 0) is 40.0 Å². The van der Waals surface area contributed by atoms with Gasteiger partial charge in [-0.15, -0.1) is 0 Å². The molecule has 4 nitrogen and oxygen atoms in total. The van der Waals surface area contributed by atoms with E-state index in [1.54, 1.807) is 12.0 Å². The molecule has 0 aliphatic carbocycles. The molecule has 1 aliphatic rings. The van der Waals surface area contributed by atoms with Gasteiger partial charge in [-0.2, -0.15) is 0 Å². The third kappa shape index (κ3) is 3.73. The summed E-state index contributed by atoms with van der Waals surface area (Å²) in [4.78, 5) is 13.8. The first-order chi connectivity index (χ1) is 7.87. The van der Waals surface area contributed by atoms with Crippen molar-refractivity contribution >= 4 is 6.09 Å². The molecule has 0 bridgehead atoms. The van der Waals surface area contributed by atoms with E-state index in [1.807, 2.05) is 20.8 Å². The van der Waals surface area contributed by atoms with E-state index in [2.05, 4.69) is 6.58 Å². The molecule has 0 spiro atoms. The molecular weight excluding hydrogens is 218 g/mol. The predicted octanol–water partition coefficient (Wildman–Crippen LogP) is 2.94. The molecule has 0 N–H and O–H groups in total. The van der Waals surface area contributed by atoms with E-state index in [9.17, 15) is 4.79 Å².